The fourth-order valence-corrected chi connectivity index (χ4v) is 2.35. The summed E-state index contributed by atoms with van der Waals surface area (Å²) in [4.78, 5) is 11.8. The van der Waals surface area contributed by atoms with E-state index in [2.05, 4.69) is 15.0 Å². The second-order valence-electron chi connectivity index (χ2n) is 4.91. The van der Waals surface area contributed by atoms with Gasteiger partial charge in [0.2, 0.25) is 0 Å². The van der Waals surface area contributed by atoms with Crippen molar-refractivity contribution in [2.45, 2.75) is 18.9 Å². The molecule has 2 unspecified atom stereocenters. The Morgan fingerprint density at radius 1 is 1.76 bits per heavy atom. The van der Waals surface area contributed by atoms with Gasteiger partial charge in [0.25, 0.3) is 5.91 Å². The van der Waals surface area contributed by atoms with E-state index in [1.54, 1.807) is 6.07 Å². The number of anilines is 1. The second kappa shape index (κ2) is 4.85. The van der Waals surface area contributed by atoms with Crippen LogP contribution in [0.1, 0.15) is 12.8 Å². The summed E-state index contributed by atoms with van der Waals surface area (Å²) in [7, 11) is 1.99. The minimum atomic E-state index is -0.298. The van der Waals surface area contributed by atoms with Gasteiger partial charge >= 0.3 is 0 Å². The van der Waals surface area contributed by atoms with Crippen LogP contribution in [0, 0.1) is 0 Å². The molecule has 1 aliphatic rings. The van der Waals surface area contributed by atoms with Gasteiger partial charge in [-0.25, -0.2) is 0 Å². The summed E-state index contributed by atoms with van der Waals surface area (Å²) in [6, 6.07) is 1.60. The van der Waals surface area contributed by atoms with E-state index in [4.69, 9.17) is 0 Å². The van der Waals surface area contributed by atoms with Crippen LogP contribution in [-0.2, 0) is 4.79 Å². The van der Waals surface area contributed by atoms with Gasteiger partial charge < -0.3 is 19.4 Å². The predicted octanol–water partition coefficient (Wildman–Crippen LogP) is 0.214. The van der Waals surface area contributed by atoms with Crippen LogP contribution in [0.3, 0.4) is 0 Å². The predicted molar refractivity (Wildman–Crippen MR) is 61.2 cm³/mol. The van der Waals surface area contributed by atoms with Crippen molar-refractivity contribution < 1.29 is 18.9 Å². The lowest BCUT2D eigenvalue weighted by molar-refractivity contribution is -0.909. The number of rotatable bonds is 3. The molecule has 1 saturated heterocycles. The quantitative estimate of drug-likeness (QED) is 0.741. The zero-order valence-electron chi connectivity index (χ0n) is 9.93. The molecule has 2 atom stereocenters. The smallest absolute Gasteiger partial charge is 0.280 e. The number of piperidine rings is 1. The Kier molecular flexibility index (Phi) is 3.44. The Balaban J connectivity index is 1.89. The Hall–Kier alpha value is -1.40. The Labute approximate surface area is 99.8 Å². The van der Waals surface area contributed by atoms with Crippen molar-refractivity contribution >= 4 is 11.7 Å². The van der Waals surface area contributed by atoms with E-state index < -0.39 is 0 Å². The highest BCUT2D eigenvalue weighted by atomic mass is 16.5. The highest BCUT2D eigenvalue weighted by molar-refractivity contribution is 5.90. The molecule has 0 bridgehead atoms. The van der Waals surface area contributed by atoms with Gasteiger partial charge in [0.1, 0.15) is 18.9 Å². The van der Waals surface area contributed by atoms with E-state index in [1.165, 1.54) is 6.26 Å². The topological polar surface area (TPSA) is 75.4 Å². The maximum Gasteiger partial charge on any atom is 0.280 e. The number of carbonyl (C=O) groups excluding carboxylic acids is 1. The molecular weight excluding hydrogens is 222 g/mol. The third kappa shape index (κ3) is 3.28. The maximum atomic E-state index is 11.8. The molecule has 2 rings (SSSR count). The fourth-order valence-electron chi connectivity index (χ4n) is 2.35. The monoisotopic (exact) mass is 240 g/mol. The number of quaternary nitrogens is 1. The number of hydrogen-bond acceptors (Lipinski definition) is 4. The molecule has 0 spiro atoms. The molecule has 94 valence electrons. The Bertz CT molecular complexity index is 379. The molecule has 0 saturated carbocycles. The van der Waals surface area contributed by atoms with Gasteiger partial charge in [-0.2, -0.15) is 0 Å². The molecule has 6 heteroatoms. The number of hydrogen-bond donors (Lipinski definition) is 2. The minimum absolute atomic E-state index is 0.101. The molecule has 0 radical (unpaired) electrons. The van der Waals surface area contributed by atoms with E-state index in [0.29, 0.717) is 23.4 Å². The lowest BCUT2D eigenvalue weighted by Crippen LogP contribution is -2.55. The lowest BCUT2D eigenvalue weighted by Gasteiger charge is -2.39. The fraction of sp³-hybridized carbons (Fsp3) is 0.636. The number of aromatic nitrogens is 1. The van der Waals surface area contributed by atoms with E-state index in [9.17, 15) is 9.90 Å². The number of aliphatic hydroxyl groups is 1. The van der Waals surface area contributed by atoms with Gasteiger partial charge in [-0.1, -0.05) is 5.16 Å². The summed E-state index contributed by atoms with van der Waals surface area (Å²) in [5.74, 6) is 0.328. The van der Waals surface area contributed by atoms with Crippen molar-refractivity contribution in [3.63, 3.8) is 0 Å². The average molecular weight is 240 g/mol. The number of likely N-dealkylation sites (tertiary alicyclic amines) is 1. The number of amides is 1. The van der Waals surface area contributed by atoms with Gasteiger partial charge in [-0.05, 0) is 12.8 Å². The van der Waals surface area contributed by atoms with Crippen LogP contribution in [-0.4, -0.2) is 53.4 Å². The van der Waals surface area contributed by atoms with Crippen molar-refractivity contribution in [3.8, 4) is 0 Å². The van der Waals surface area contributed by atoms with Crippen LogP contribution < -0.4 is 5.32 Å². The largest absolute Gasteiger partial charge is 0.387 e. The van der Waals surface area contributed by atoms with Crippen LogP contribution in [0.25, 0.3) is 0 Å². The molecule has 1 amide bonds. The summed E-state index contributed by atoms with van der Waals surface area (Å²) in [6.07, 6.45) is 2.90. The van der Waals surface area contributed by atoms with Gasteiger partial charge in [0.15, 0.2) is 12.4 Å². The first-order chi connectivity index (χ1) is 8.07. The summed E-state index contributed by atoms with van der Waals surface area (Å²) < 4.78 is 5.21. The van der Waals surface area contributed by atoms with E-state index >= 15 is 0 Å². The third-order valence-corrected chi connectivity index (χ3v) is 3.12. The lowest BCUT2D eigenvalue weighted by atomic mass is 10.1. The summed E-state index contributed by atoms with van der Waals surface area (Å²) in [5.41, 5.74) is 0. The molecule has 0 aliphatic carbocycles. The van der Waals surface area contributed by atoms with E-state index in [1.807, 2.05) is 7.05 Å². The number of aliphatic hydroxyl groups excluding tert-OH is 1. The summed E-state index contributed by atoms with van der Waals surface area (Å²) >= 11 is 0. The number of nitrogens with one attached hydrogen (secondary N) is 1. The average Bonchev–Trinajstić information content (AvgIpc) is 2.68. The first-order valence-electron chi connectivity index (χ1n) is 5.79. The number of nitrogens with zero attached hydrogens (tertiary/aromatic N) is 2. The molecule has 1 fully saturated rings. The van der Waals surface area contributed by atoms with Gasteiger partial charge in [0.05, 0.1) is 13.6 Å². The standard InChI is InChI=1S/C11H17N3O3/c1-14(5-2-3-9(15)7-14)8-11(16)12-10-4-6-17-13-10/h4,6,9,15H,2-3,5,7-8H2,1H3/p+1. The van der Waals surface area contributed by atoms with Gasteiger partial charge in [0, 0.05) is 6.07 Å². The number of likely N-dealkylation sites (N-methyl/N-ethyl adjacent to an activating group) is 1. The number of carbonyl (C=O) groups is 1. The molecule has 0 aromatic carbocycles. The van der Waals surface area contributed by atoms with Crippen molar-refractivity contribution in [2.24, 2.45) is 0 Å². The van der Waals surface area contributed by atoms with Crippen LogP contribution in [0.5, 0.6) is 0 Å². The van der Waals surface area contributed by atoms with Crippen LogP contribution in [0.2, 0.25) is 0 Å². The molecule has 6 nitrogen and oxygen atoms in total. The normalized spacial score (nSPS) is 28.9. The molecular formula is C11H18N3O3+. The zero-order valence-corrected chi connectivity index (χ0v) is 9.93. The van der Waals surface area contributed by atoms with Gasteiger partial charge in [-0.15, -0.1) is 0 Å². The first-order valence-corrected chi connectivity index (χ1v) is 5.79. The minimum Gasteiger partial charge on any atom is -0.387 e. The van der Waals surface area contributed by atoms with E-state index in [-0.39, 0.29) is 12.0 Å². The first kappa shape index (κ1) is 12.1. The van der Waals surface area contributed by atoms with Crippen molar-refractivity contribution in [2.75, 3.05) is 32.0 Å². The molecule has 1 aromatic heterocycles. The SMILES string of the molecule is C[N+]1(CC(=O)Nc2ccon2)CCCC(O)C1. The zero-order chi connectivity index (χ0) is 12.3. The maximum absolute atomic E-state index is 11.8. The van der Waals surface area contributed by atoms with Crippen LogP contribution >= 0.6 is 0 Å². The van der Waals surface area contributed by atoms with Crippen molar-refractivity contribution in [1.82, 2.24) is 5.16 Å². The van der Waals surface area contributed by atoms with Crippen molar-refractivity contribution in [3.05, 3.63) is 12.3 Å². The van der Waals surface area contributed by atoms with Gasteiger partial charge in [-0.3, -0.25) is 4.79 Å². The summed E-state index contributed by atoms with van der Waals surface area (Å²) in [6.45, 7) is 1.90. The molecule has 1 aromatic rings. The molecule has 2 N–H and O–H groups in total. The van der Waals surface area contributed by atoms with Crippen molar-refractivity contribution in [1.29, 1.82) is 0 Å². The highest BCUT2D eigenvalue weighted by Gasteiger charge is 2.32. The molecule has 17 heavy (non-hydrogen) atoms. The Morgan fingerprint density at radius 3 is 3.24 bits per heavy atom. The molecule has 2 heterocycles. The highest BCUT2D eigenvalue weighted by Crippen LogP contribution is 2.16. The second-order valence-corrected chi connectivity index (χ2v) is 4.91. The van der Waals surface area contributed by atoms with E-state index in [0.717, 1.165) is 19.4 Å². The van der Waals surface area contributed by atoms with Crippen LogP contribution in [0.15, 0.2) is 16.9 Å². The van der Waals surface area contributed by atoms with Crippen LogP contribution in [0.4, 0.5) is 5.82 Å². The Morgan fingerprint density at radius 2 is 2.59 bits per heavy atom. The summed E-state index contributed by atoms with van der Waals surface area (Å²) in [5, 5.41) is 15.9. The third-order valence-electron chi connectivity index (χ3n) is 3.12. The molecule has 1 aliphatic heterocycles.